The Bertz CT molecular complexity index is 660. The molecular weight excluding hydrogens is 288 g/mol. The molecule has 1 amide bonds. The molecule has 1 aromatic heterocycles. The van der Waals surface area contributed by atoms with Gasteiger partial charge in [-0.3, -0.25) is 4.79 Å². The molecule has 0 spiro atoms. The lowest BCUT2D eigenvalue weighted by atomic mass is 10.1. The van der Waals surface area contributed by atoms with E-state index < -0.39 is 0 Å². The fourth-order valence-corrected chi connectivity index (χ4v) is 2.88. The molecular formula is C16H21ClN2O2. The Labute approximate surface area is 130 Å². The molecule has 0 aliphatic carbocycles. The molecule has 1 saturated heterocycles. The third-order valence-corrected chi connectivity index (χ3v) is 4.26. The summed E-state index contributed by atoms with van der Waals surface area (Å²) in [6.45, 7) is 5.80. The monoisotopic (exact) mass is 308 g/mol. The van der Waals surface area contributed by atoms with Crippen LogP contribution in [-0.2, 0) is 0 Å². The highest BCUT2D eigenvalue weighted by Crippen LogP contribution is 2.28. The maximum atomic E-state index is 12.6. The van der Waals surface area contributed by atoms with Gasteiger partial charge in [-0.05, 0) is 32.4 Å². The molecule has 21 heavy (non-hydrogen) atoms. The minimum Gasteiger partial charge on any atom is -0.450 e. The third kappa shape index (κ3) is 2.65. The molecule has 1 N–H and O–H groups in total. The van der Waals surface area contributed by atoms with Gasteiger partial charge in [-0.2, -0.15) is 0 Å². The van der Waals surface area contributed by atoms with E-state index in [1.807, 2.05) is 39.1 Å². The van der Waals surface area contributed by atoms with Crippen LogP contribution in [0.15, 0.2) is 22.6 Å². The normalized spacial score (nSPS) is 17.8. The molecule has 0 saturated carbocycles. The van der Waals surface area contributed by atoms with Crippen molar-refractivity contribution < 1.29 is 9.21 Å². The predicted molar refractivity (Wildman–Crippen MR) is 86.3 cm³/mol. The number of hydrogen-bond acceptors (Lipinski definition) is 3. The maximum Gasteiger partial charge on any atom is 0.289 e. The zero-order valence-electron chi connectivity index (χ0n) is 12.6. The molecule has 1 aromatic carbocycles. The molecule has 2 heterocycles. The first-order chi connectivity index (χ1) is 9.59. The van der Waals surface area contributed by atoms with Gasteiger partial charge in [0.2, 0.25) is 0 Å². The third-order valence-electron chi connectivity index (χ3n) is 4.26. The van der Waals surface area contributed by atoms with Crippen LogP contribution >= 0.6 is 12.4 Å². The lowest BCUT2D eigenvalue weighted by Gasteiger charge is -2.22. The van der Waals surface area contributed by atoms with E-state index in [4.69, 9.17) is 4.42 Å². The molecule has 5 heteroatoms. The van der Waals surface area contributed by atoms with Crippen LogP contribution in [0.25, 0.3) is 11.0 Å². The Kier molecular flexibility index (Phi) is 4.59. The average Bonchev–Trinajstić information content (AvgIpc) is 3.07. The first-order valence-corrected chi connectivity index (χ1v) is 7.06. The molecule has 1 fully saturated rings. The average molecular weight is 309 g/mol. The Morgan fingerprint density at radius 3 is 2.76 bits per heavy atom. The number of hydrogen-bond donors (Lipinski definition) is 1. The summed E-state index contributed by atoms with van der Waals surface area (Å²) < 4.78 is 5.86. The number of nitrogens with one attached hydrogen (secondary N) is 1. The number of para-hydroxylation sites is 1. The summed E-state index contributed by atoms with van der Waals surface area (Å²) in [5.41, 5.74) is 2.83. The topological polar surface area (TPSA) is 45.5 Å². The lowest BCUT2D eigenvalue weighted by molar-refractivity contribution is 0.0713. The van der Waals surface area contributed by atoms with Crippen LogP contribution in [0, 0.1) is 13.8 Å². The van der Waals surface area contributed by atoms with Crippen LogP contribution < -0.4 is 5.32 Å². The van der Waals surface area contributed by atoms with Gasteiger partial charge in [-0.15, -0.1) is 12.4 Å². The lowest BCUT2D eigenvalue weighted by Crippen LogP contribution is -2.38. The van der Waals surface area contributed by atoms with Crippen molar-refractivity contribution in [3.8, 4) is 0 Å². The zero-order valence-corrected chi connectivity index (χ0v) is 13.4. The molecule has 1 aliphatic rings. The largest absolute Gasteiger partial charge is 0.450 e. The van der Waals surface area contributed by atoms with Crippen molar-refractivity contribution in [2.75, 3.05) is 20.1 Å². The summed E-state index contributed by atoms with van der Waals surface area (Å²) in [6.07, 6.45) is 1.00. The summed E-state index contributed by atoms with van der Waals surface area (Å²) in [4.78, 5) is 14.4. The van der Waals surface area contributed by atoms with E-state index in [1.165, 1.54) is 0 Å². The minimum absolute atomic E-state index is 0. The number of fused-ring (bicyclic) bond motifs is 1. The van der Waals surface area contributed by atoms with E-state index in [1.54, 1.807) is 4.90 Å². The highest BCUT2D eigenvalue weighted by Gasteiger charge is 2.28. The second kappa shape index (κ2) is 6.08. The van der Waals surface area contributed by atoms with Crippen LogP contribution in [0.3, 0.4) is 0 Å². The zero-order chi connectivity index (χ0) is 14.3. The molecule has 4 nitrogen and oxygen atoms in total. The van der Waals surface area contributed by atoms with Crippen molar-refractivity contribution in [1.82, 2.24) is 10.2 Å². The number of likely N-dealkylation sites (N-methyl/N-ethyl adjacent to an activating group) is 1. The summed E-state index contributed by atoms with van der Waals surface area (Å²) in [5, 5.41) is 4.32. The number of aryl methyl sites for hydroxylation is 2. The molecule has 1 aliphatic heterocycles. The van der Waals surface area contributed by atoms with E-state index in [2.05, 4.69) is 5.32 Å². The van der Waals surface area contributed by atoms with Gasteiger partial charge >= 0.3 is 0 Å². The summed E-state index contributed by atoms with van der Waals surface area (Å²) in [7, 11) is 1.86. The number of furan rings is 1. The standard InChI is InChI=1S/C16H20N2O2.ClH/c1-10-5-4-6-13-11(2)15(20-14(10)13)16(19)18(3)12-7-8-17-9-12;/h4-6,12,17H,7-9H2,1-3H3;1H. The SMILES string of the molecule is Cc1c(C(=O)N(C)C2CCNC2)oc2c(C)cccc12.Cl. The molecule has 0 bridgehead atoms. The smallest absolute Gasteiger partial charge is 0.289 e. The molecule has 0 radical (unpaired) electrons. The molecule has 3 rings (SSSR count). The van der Waals surface area contributed by atoms with Crippen LogP contribution in [0.4, 0.5) is 0 Å². The highest BCUT2D eigenvalue weighted by atomic mass is 35.5. The highest BCUT2D eigenvalue weighted by molar-refractivity contribution is 5.99. The van der Waals surface area contributed by atoms with Crippen molar-refractivity contribution >= 4 is 29.3 Å². The predicted octanol–water partition coefficient (Wildman–Crippen LogP) is 2.91. The van der Waals surface area contributed by atoms with E-state index in [0.717, 1.165) is 41.6 Å². The Hall–Kier alpha value is -1.52. The number of halogens is 1. The van der Waals surface area contributed by atoms with Gasteiger partial charge < -0.3 is 14.6 Å². The first kappa shape index (κ1) is 15.9. The molecule has 114 valence electrons. The maximum absolute atomic E-state index is 12.6. The summed E-state index contributed by atoms with van der Waals surface area (Å²) in [6, 6.07) is 6.27. The van der Waals surface area contributed by atoms with Crippen LogP contribution in [-0.4, -0.2) is 37.0 Å². The van der Waals surface area contributed by atoms with Gasteiger partial charge in [0.25, 0.3) is 5.91 Å². The van der Waals surface area contributed by atoms with E-state index >= 15 is 0 Å². The number of nitrogens with zero attached hydrogens (tertiary/aromatic N) is 1. The van der Waals surface area contributed by atoms with Crippen LogP contribution in [0.5, 0.6) is 0 Å². The van der Waals surface area contributed by atoms with Crippen molar-refractivity contribution in [3.05, 3.63) is 35.1 Å². The summed E-state index contributed by atoms with van der Waals surface area (Å²) in [5.74, 6) is 0.454. The van der Waals surface area contributed by atoms with E-state index in [-0.39, 0.29) is 24.4 Å². The van der Waals surface area contributed by atoms with Crippen LogP contribution in [0.1, 0.15) is 28.1 Å². The minimum atomic E-state index is -0.0215. The quantitative estimate of drug-likeness (QED) is 0.928. The van der Waals surface area contributed by atoms with E-state index in [9.17, 15) is 4.79 Å². The second-order valence-corrected chi connectivity index (χ2v) is 5.57. The fraction of sp³-hybridized carbons (Fsp3) is 0.438. The first-order valence-electron chi connectivity index (χ1n) is 7.06. The fourth-order valence-electron chi connectivity index (χ4n) is 2.88. The number of carbonyl (C=O) groups is 1. The van der Waals surface area contributed by atoms with Gasteiger partial charge in [0.05, 0.1) is 0 Å². The van der Waals surface area contributed by atoms with Crippen molar-refractivity contribution in [3.63, 3.8) is 0 Å². The van der Waals surface area contributed by atoms with Crippen LogP contribution in [0.2, 0.25) is 0 Å². The van der Waals surface area contributed by atoms with Gasteiger partial charge in [0.1, 0.15) is 5.58 Å². The number of rotatable bonds is 2. The van der Waals surface area contributed by atoms with Gasteiger partial charge in [-0.1, -0.05) is 18.2 Å². The van der Waals surface area contributed by atoms with Gasteiger partial charge in [0.15, 0.2) is 5.76 Å². The van der Waals surface area contributed by atoms with Gasteiger partial charge in [0, 0.05) is 30.6 Å². The number of benzene rings is 1. The molecule has 2 aromatic rings. The Balaban J connectivity index is 0.00000161. The molecule has 1 unspecified atom stereocenters. The second-order valence-electron chi connectivity index (χ2n) is 5.57. The van der Waals surface area contributed by atoms with E-state index in [0.29, 0.717) is 5.76 Å². The number of carbonyl (C=O) groups excluding carboxylic acids is 1. The van der Waals surface area contributed by atoms with Crippen molar-refractivity contribution in [1.29, 1.82) is 0 Å². The van der Waals surface area contributed by atoms with Crippen molar-refractivity contribution in [2.45, 2.75) is 26.3 Å². The number of amides is 1. The van der Waals surface area contributed by atoms with Gasteiger partial charge in [-0.25, -0.2) is 0 Å². The molecule has 1 atom stereocenters. The Morgan fingerprint density at radius 2 is 2.14 bits per heavy atom. The van der Waals surface area contributed by atoms with Crippen molar-refractivity contribution in [2.24, 2.45) is 0 Å². The Morgan fingerprint density at radius 1 is 1.38 bits per heavy atom. The summed E-state index contributed by atoms with van der Waals surface area (Å²) >= 11 is 0.